The topological polar surface area (TPSA) is 101 Å². The predicted octanol–water partition coefficient (Wildman–Crippen LogP) is 2.45. The van der Waals surface area contributed by atoms with Gasteiger partial charge in [-0.05, 0) is 6.07 Å². The largest absolute Gasteiger partial charge is 0.481 e. The summed E-state index contributed by atoms with van der Waals surface area (Å²) in [5.74, 6) is -2.50. The fraction of sp³-hybridized carbons (Fsp3) is 0.273. The number of benzene rings is 1. The molecule has 0 saturated carbocycles. The number of carbonyl (C=O) groups excluding carboxylic acids is 1. The Balaban J connectivity index is 2.50. The van der Waals surface area contributed by atoms with Crippen LogP contribution >= 0.6 is 27.5 Å². The molecular formula is C11H8BrClN2O5. The Bertz CT molecular complexity index is 621. The van der Waals surface area contributed by atoms with Crippen molar-refractivity contribution < 1.29 is 19.6 Å². The van der Waals surface area contributed by atoms with Crippen molar-refractivity contribution in [1.29, 1.82) is 0 Å². The number of nitro groups is 1. The van der Waals surface area contributed by atoms with Crippen LogP contribution in [-0.4, -0.2) is 28.5 Å². The Morgan fingerprint density at radius 1 is 1.55 bits per heavy atom. The number of carboxylic acids is 1. The first kappa shape index (κ1) is 14.7. The molecule has 1 fully saturated rings. The highest BCUT2D eigenvalue weighted by molar-refractivity contribution is 9.10. The number of hydrogen-bond acceptors (Lipinski definition) is 4. The van der Waals surface area contributed by atoms with Crippen molar-refractivity contribution in [1.82, 2.24) is 0 Å². The van der Waals surface area contributed by atoms with E-state index in [0.29, 0.717) is 4.47 Å². The number of nitrogens with zero attached hydrogens (tertiary/aromatic N) is 2. The summed E-state index contributed by atoms with van der Waals surface area (Å²) in [5, 5.41) is 20.0. The van der Waals surface area contributed by atoms with Crippen molar-refractivity contribution in [2.75, 3.05) is 11.4 Å². The third-order valence-corrected chi connectivity index (χ3v) is 3.69. The molecule has 0 radical (unpaired) electrons. The molecule has 2 rings (SSSR count). The smallest absolute Gasteiger partial charge is 0.308 e. The van der Waals surface area contributed by atoms with E-state index in [0.717, 1.165) is 4.90 Å². The summed E-state index contributed by atoms with van der Waals surface area (Å²) >= 11 is 9.06. The Morgan fingerprint density at radius 3 is 2.70 bits per heavy atom. The second-order valence-corrected chi connectivity index (χ2v) is 5.58. The van der Waals surface area contributed by atoms with E-state index in [9.17, 15) is 19.7 Å². The minimum absolute atomic E-state index is 0.0189. The van der Waals surface area contributed by atoms with Crippen molar-refractivity contribution in [3.8, 4) is 0 Å². The van der Waals surface area contributed by atoms with E-state index in [1.54, 1.807) is 0 Å². The second-order valence-electron chi connectivity index (χ2n) is 4.26. The molecule has 1 unspecified atom stereocenters. The van der Waals surface area contributed by atoms with Gasteiger partial charge in [0.15, 0.2) is 0 Å². The van der Waals surface area contributed by atoms with E-state index in [1.807, 2.05) is 0 Å². The third-order valence-electron chi connectivity index (χ3n) is 2.95. The van der Waals surface area contributed by atoms with Gasteiger partial charge in [-0.3, -0.25) is 19.7 Å². The number of rotatable bonds is 3. The van der Waals surface area contributed by atoms with Gasteiger partial charge < -0.3 is 10.0 Å². The molecule has 106 valence electrons. The average Bonchev–Trinajstić information content (AvgIpc) is 2.70. The number of anilines is 1. The zero-order valence-corrected chi connectivity index (χ0v) is 12.2. The Labute approximate surface area is 126 Å². The van der Waals surface area contributed by atoms with Gasteiger partial charge in [-0.2, -0.15) is 0 Å². The number of nitro benzene ring substituents is 1. The van der Waals surface area contributed by atoms with Gasteiger partial charge in [0.25, 0.3) is 5.69 Å². The number of aliphatic carboxylic acids is 1. The molecule has 1 aliphatic heterocycles. The van der Waals surface area contributed by atoms with Gasteiger partial charge in [0.05, 0.1) is 15.9 Å². The first-order valence-electron chi connectivity index (χ1n) is 5.48. The van der Waals surface area contributed by atoms with Crippen molar-refractivity contribution in [2.45, 2.75) is 6.42 Å². The molecular weight excluding hydrogens is 355 g/mol. The summed E-state index contributed by atoms with van der Waals surface area (Å²) in [6.45, 7) is -0.129. The van der Waals surface area contributed by atoms with Gasteiger partial charge in [0, 0.05) is 23.5 Å². The zero-order valence-electron chi connectivity index (χ0n) is 9.88. The number of halogens is 2. The first-order valence-corrected chi connectivity index (χ1v) is 6.65. The number of hydrogen-bond donors (Lipinski definition) is 1. The highest BCUT2D eigenvalue weighted by atomic mass is 79.9. The average molecular weight is 364 g/mol. The highest BCUT2D eigenvalue weighted by Gasteiger charge is 2.39. The minimum atomic E-state index is -1.11. The van der Waals surface area contributed by atoms with Gasteiger partial charge >= 0.3 is 5.97 Å². The predicted molar refractivity (Wildman–Crippen MR) is 73.9 cm³/mol. The van der Waals surface area contributed by atoms with E-state index in [4.69, 9.17) is 16.7 Å². The van der Waals surface area contributed by atoms with E-state index >= 15 is 0 Å². The summed E-state index contributed by atoms with van der Waals surface area (Å²) in [7, 11) is 0. The lowest BCUT2D eigenvalue weighted by Gasteiger charge is -2.17. The summed E-state index contributed by atoms with van der Waals surface area (Å²) < 4.78 is 0.402. The molecule has 0 aromatic heterocycles. The first-order chi connectivity index (χ1) is 9.31. The quantitative estimate of drug-likeness (QED) is 0.656. The molecule has 0 spiro atoms. The number of carbonyl (C=O) groups is 2. The molecule has 1 N–H and O–H groups in total. The van der Waals surface area contributed by atoms with E-state index in [-0.39, 0.29) is 29.4 Å². The van der Waals surface area contributed by atoms with Crippen LogP contribution in [0.15, 0.2) is 16.6 Å². The van der Waals surface area contributed by atoms with Gasteiger partial charge in [0.2, 0.25) is 5.91 Å². The van der Waals surface area contributed by atoms with Crippen LogP contribution in [0.4, 0.5) is 11.4 Å². The lowest BCUT2D eigenvalue weighted by molar-refractivity contribution is -0.384. The molecule has 1 saturated heterocycles. The van der Waals surface area contributed by atoms with Crippen LogP contribution in [0.5, 0.6) is 0 Å². The van der Waals surface area contributed by atoms with Crippen LogP contribution in [0.25, 0.3) is 0 Å². The second kappa shape index (κ2) is 5.37. The zero-order chi connectivity index (χ0) is 15.0. The lowest BCUT2D eigenvalue weighted by atomic mass is 10.1. The van der Waals surface area contributed by atoms with E-state index in [2.05, 4.69) is 15.9 Å². The maximum atomic E-state index is 11.9. The molecule has 1 aromatic carbocycles. The van der Waals surface area contributed by atoms with Crippen LogP contribution < -0.4 is 4.90 Å². The number of carboxylic acid groups (broad SMARTS) is 1. The van der Waals surface area contributed by atoms with E-state index < -0.39 is 22.7 Å². The Morgan fingerprint density at radius 2 is 2.20 bits per heavy atom. The van der Waals surface area contributed by atoms with Gasteiger partial charge in [0.1, 0.15) is 5.69 Å². The third kappa shape index (κ3) is 2.61. The summed E-state index contributed by atoms with van der Waals surface area (Å²) in [6, 6.07) is 2.65. The van der Waals surface area contributed by atoms with Crippen LogP contribution in [0.1, 0.15) is 6.42 Å². The standard InChI is InChI=1S/C11H8BrClN2O5/c12-6-2-7(13)10(8(3-6)15(19)20)14-4-5(11(17)18)1-9(14)16/h2-3,5H,1,4H2,(H,17,18). The van der Waals surface area contributed by atoms with Crippen molar-refractivity contribution in [3.63, 3.8) is 0 Å². The molecule has 1 aromatic rings. The van der Waals surface area contributed by atoms with Gasteiger partial charge in [-0.15, -0.1) is 0 Å². The fourth-order valence-corrected chi connectivity index (χ4v) is 2.94. The maximum Gasteiger partial charge on any atom is 0.308 e. The normalized spacial score (nSPS) is 18.4. The number of amides is 1. The van der Waals surface area contributed by atoms with Gasteiger partial charge in [-0.1, -0.05) is 27.5 Å². The molecule has 1 aliphatic rings. The highest BCUT2D eigenvalue weighted by Crippen LogP contribution is 2.40. The van der Waals surface area contributed by atoms with Gasteiger partial charge in [-0.25, -0.2) is 0 Å². The summed E-state index contributed by atoms with van der Waals surface area (Å²) in [6.07, 6.45) is -0.196. The van der Waals surface area contributed by atoms with Crippen LogP contribution in [0, 0.1) is 16.0 Å². The van der Waals surface area contributed by atoms with Crippen LogP contribution in [-0.2, 0) is 9.59 Å². The SMILES string of the molecule is O=C(O)C1CC(=O)N(c2c(Cl)cc(Br)cc2[N+](=O)[O-])C1. The minimum Gasteiger partial charge on any atom is -0.481 e. The molecule has 0 aliphatic carbocycles. The molecule has 20 heavy (non-hydrogen) atoms. The summed E-state index contributed by atoms with van der Waals surface area (Å²) in [4.78, 5) is 34.3. The summed E-state index contributed by atoms with van der Waals surface area (Å²) in [5.41, 5.74) is -0.405. The fourth-order valence-electron chi connectivity index (χ4n) is 2.05. The lowest BCUT2D eigenvalue weighted by Crippen LogP contribution is -2.26. The van der Waals surface area contributed by atoms with E-state index in [1.165, 1.54) is 12.1 Å². The van der Waals surface area contributed by atoms with Crippen LogP contribution in [0.3, 0.4) is 0 Å². The maximum absolute atomic E-state index is 11.9. The van der Waals surface area contributed by atoms with Crippen molar-refractivity contribution in [2.24, 2.45) is 5.92 Å². The molecule has 1 amide bonds. The molecule has 0 bridgehead atoms. The van der Waals surface area contributed by atoms with Crippen LogP contribution in [0.2, 0.25) is 5.02 Å². The Hall–Kier alpha value is -1.67. The molecule has 7 nitrogen and oxygen atoms in total. The molecule has 1 atom stereocenters. The monoisotopic (exact) mass is 362 g/mol. The van der Waals surface area contributed by atoms with Crippen molar-refractivity contribution >= 4 is 50.8 Å². The van der Waals surface area contributed by atoms with Crippen molar-refractivity contribution in [3.05, 3.63) is 31.7 Å². The Kier molecular flexibility index (Phi) is 3.96. The molecule has 9 heteroatoms. The molecule has 1 heterocycles.